The van der Waals surface area contributed by atoms with Crippen molar-refractivity contribution < 1.29 is 4.79 Å². The molecule has 1 fully saturated rings. The quantitative estimate of drug-likeness (QED) is 0.645. The summed E-state index contributed by atoms with van der Waals surface area (Å²) in [6.45, 7) is 5.94. The molecule has 1 amide bonds. The summed E-state index contributed by atoms with van der Waals surface area (Å²) in [4.78, 5) is 13.3. The summed E-state index contributed by atoms with van der Waals surface area (Å²) in [5.41, 5.74) is 1.28. The Hall–Kier alpha value is -0.710. The van der Waals surface area contributed by atoms with Crippen molar-refractivity contribution in [1.82, 2.24) is 10.6 Å². The number of carbonyl (C=O) groups is 1. The number of rotatable bonds is 5. The number of nitrogens with one attached hydrogen (secondary N) is 2. The first-order valence-corrected chi connectivity index (χ1v) is 8.34. The highest BCUT2D eigenvalue weighted by atomic mass is 35.5. The third-order valence-corrected chi connectivity index (χ3v) is 4.70. The van der Waals surface area contributed by atoms with Crippen LogP contribution in [0.25, 0.3) is 0 Å². The number of piperidine rings is 1. The van der Waals surface area contributed by atoms with Crippen LogP contribution >= 0.6 is 24.2 Å². The van der Waals surface area contributed by atoms with Gasteiger partial charge in [0, 0.05) is 29.2 Å². The Kier molecular flexibility index (Phi) is 8.15. The van der Waals surface area contributed by atoms with Crippen molar-refractivity contribution in [3.05, 3.63) is 29.8 Å². The maximum absolute atomic E-state index is 12.1. The molecule has 1 aromatic rings. The van der Waals surface area contributed by atoms with Crippen molar-refractivity contribution in [2.75, 3.05) is 18.8 Å². The van der Waals surface area contributed by atoms with Crippen LogP contribution in [-0.4, -0.2) is 30.8 Å². The molecule has 0 aromatic heterocycles. The Balaban J connectivity index is 0.00000220. The van der Waals surface area contributed by atoms with E-state index in [1.165, 1.54) is 10.5 Å². The van der Waals surface area contributed by atoms with Gasteiger partial charge in [0.2, 0.25) is 5.91 Å². The average molecular weight is 329 g/mol. The van der Waals surface area contributed by atoms with Crippen molar-refractivity contribution in [3.8, 4) is 0 Å². The Morgan fingerprint density at radius 2 is 2.10 bits per heavy atom. The summed E-state index contributed by atoms with van der Waals surface area (Å²) in [5.74, 6) is 1.34. The van der Waals surface area contributed by atoms with Gasteiger partial charge in [0.1, 0.15) is 0 Å². The second kappa shape index (κ2) is 9.34. The lowest BCUT2D eigenvalue weighted by atomic mass is 9.92. The maximum atomic E-state index is 12.1. The zero-order valence-corrected chi connectivity index (χ0v) is 14.4. The minimum atomic E-state index is 0. The molecular weight excluding hydrogens is 304 g/mol. The summed E-state index contributed by atoms with van der Waals surface area (Å²) in [5, 5.41) is 6.44. The molecule has 0 saturated carbocycles. The molecule has 0 bridgehead atoms. The molecule has 0 unspecified atom stereocenters. The van der Waals surface area contributed by atoms with Crippen molar-refractivity contribution >= 4 is 30.1 Å². The second-order valence-corrected chi connectivity index (χ2v) is 6.70. The Morgan fingerprint density at radius 3 is 2.76 bits per heavy atom. The highest BCUT2D eigenvalue weighted by Crippen LogP contribution is 2.18. The summed E-state index contributed by atoms with van der Waals surface area (Å²) in [6, 6.07) is 8.97. The van der Waals surface area contributed by atoms with Gasteiger partial charge in [-0.3, -0.25) is 4.79 Å². The SMILES string of the molecule is Cc1ccc(SCCNC(=O)[C@H]2CCN[C@@H](C)C2)cc1.Cl. The van der Waals surface area contributed by atoms with Crippen LogP contribution < -0.4 is 10.6 Å². The molecule has 5 heteroatoms. The van der Waals surface area contributed by atoms with Gasteiger partial charge < -0.3 is 10.6 Å². The van der Waals surface area contributed by atoms with Crippen molar-refractivity contribution in [3.63, 3.8) is 0 Å². The molecule has 1 aromatic carbocycles. The van der Waals surface area contributed by atoms with E-state index in [1.807, 2.05) is 0 Å². The van der Waals surface area contributed by atoms with Crippen LogP contribution in [0, 0.1) is 12.8 Å². The first-order valence-electron chi connectivity index (χ1n) is 7.35. The van der Waals surface area contributed by atoms with Crippen LogP contribution in [-0.2, 0) is 4.79 Å². The number of hydrogen-bond donors (Lipinski definition) is 2. The van der Waals surface area contributed by atoms with E-state index < -0.39 is 0 Å². The topological polar surface area (TPSA) is 41.1 Å². The molecule has 2 rings (SSSR count). The molecule has 118 valence electrons. The number of carbonyl (C=O) groups excluding carboxylic acids is 1. The number of halogens is 1. The van der Waals surface area contributed by atoms with Gasteiger partial charge in [0.15, 0.2) is 0 Å². The van der Waals surface area contributed by atoms with E-state index >= 15 is 0 Å². The third kappa shape index (κ3) is 6.29. The van der Waals surface area contributed by atoms with Crippen molar-refractivity contribution in [2.45, 2.75) is 37.6 Å². The van der Waals surface area contributed by atoms with Gasteiger partial charge in [0.05, 0.1) is 0 Å². The number of hydrogen-bond acceptors (Lipinski definition) is 3. The van der Waals surface area contributed by atoms with Gasteiger partial charge in [-0.2, -0.15) is 0 Å². The smallest absolute Gasteiger partial charge is 0.223 e. The Labute approximate surface area is 138 Å². The molecule has 1 aliphatic rings. The first-order chi connectivity index (χ1) is 9.65. The number of aryl methyl sites for hydroxylation is 1. The van der Waals surface area contributed by atoms with Gasteiger partial charge in [-0.15, -0.1) is 24.2 Å². The van der Waals surface area contributed by atoms with Gasteiger partial charge in [-0.05, 0) is 45.4 Å². The monoisotopic (exact) mass is 328 g/mol. The van der Waals surface area contributed by atoms with Crippen molar-refractivity contribution in [2.24, 2.45) is 5.92 Å². The maximum Gasteiger partial charge on any atom is 0.223 e. The third-order valence-electron chi connectivity index (χ3n) is 3.69. The average Bonchev–Trinajstić information content (AvgIpc) is 2.45. The highest BCUT2D eigenvalue weighted by Gasteiger charge is 2.24. The van der Waals surface area contributed by atoms with E-state index in [2.05, 4.69) is 48.7 Å². The van der Waals surface area contributed by atoms with E-state index in [4.69, 9.17) is 0 Å². The molecule has 2 N–H and O–H groups in total. The van der Waals surface area contributed by atoms with Gasteiger partial charge in [0.25, 0.3) is 0 Å². The van der Waals surface area contributed by atoms with Gasteiger partial charge >= 0.3 is 0 Å². The predicted molar refractivity (Wildman–Crippen MR) is 92.3 cm³/mol. The van der Waals surface area contributed by atoms with Crippen molar-refractivity contribution in [1.29, 1.82) is 0 Å². The van der Waals surface area contributed by atoms with Crippen LogP contribution in [0.5, 0.6) is 0 Å². The van der Waals surface area contributed by atoms with Crippen LogP contribution in [0.15, 0.2) is 29.2 Å². The minimum Gasteiger partial charge on any atom is -0.355 e. The van der Waals surface area contributed by atoms with E-state index in [-0.39, 0.29) is 24.2 Å². The molecule has 2 atom stereocenters. The molecule has 1 heterocycles. The molecule has 0 spiro atoms. The second-order valence-electron chi connectivity index (χ2n) is 5.53. The lowest BCUT2D eigenvalue weighted by molar-refractivity contribution is -0.125. The number of benzene rings is 1. The van der Waals surface area contributed by atoms with Crippen LogP contribution in [0.3, 0.4) is 0 Å². The van der Waals surface area contributed by atoms with Crippen LogP contribution in [0.1, 0.15) is 25.3 Å². The normalized spacial score (nSPS) is 21.4. The molecule has 0 aliphatic carbocycles. The fourth-order valence-corrected chi connectivity index (χ4v) is 3.26. The van der Waals surface area contributed by atoms with Crippen LogP contribution in [0.4, 0.5) is 0 Å². The largest absolute Gasteiger partial charge is 0.355 e. The molecule has 3 nitrogen and oxygen atoms in total. The standard InChI is InChI=1S/C16H24N2OS.ClH/c1-12-3-5-15(6-4-12)20-10-9-18-16(19)14-7-8-17-13(2)11-14;/h3-6,13-14,17H,7-11H2,1-2H3,(H,18,19);1H/t13-,14-;/m0./s1. The predicted octanol–water partition coefficient (Wildman–Crippen LogP) is 3.01. The molecule has 0 radical (unpaired) electrons. The molecule has 1 saturated heterocycles. The van der Waals surface area contributed by atoms with Gasteiger partial charge in [-0.1, -0.05) is 17.7 Å². The summed E-state index contributed by atoms with van der Waals surface area (Å²) < 4.78 is 0. The summed E-state index contributed by atoms with van der Waals surface area (Å²) >= 11 is 1.79. The van der Waals surface area contributed by atoms with E-state index in [9.17, 15) is 4.79 Å². The minimum absolute atomic E-state index is 0. The van der Waals surface area contributed by atoms with E-state index in [0.717, 1.165) is 31.7 Å². The van der Waals surface area contributed by atoms with E-state index in [1.54, 1.807) is 11.8 Å². The lowest BCUT2D eigenvalue weighted by Crippen LogP contribution is -2.42. The fourth-order valence-electron chi connectivity index (χ4n) is 2.49. The molecule has 1 aliphatic heterocycles. The van der Waals surface area contributed by atoms with E-state index in [0.29, 0.717) is 6.04 Å². The Bertz CT molecular complexity index is 438. The lowest BCUT2D eigenvalue weighted by Gasteiger charge is -2.27. The zero-order valence-electron chi connectivity index (χ0n) is 12.7. The fraction of sp³-hybridized carbons (Fsp3) is 0.562. The number of amides is 1. The summed E-state index contributed by atoms with van der Waals surface area (Å²) in [6.07, 6.45) is 1.91. The zero-order chi connectivity index (χ0) is 14.4. The summed E-state index contributed by atoms with van der Waals surface area (Å²) in [7, 11) is 0. The van der Waals surface area contributed by atoms with Crippen LogP contribution in [0.2, 0.25) is 0 Å². The van der Waals surface area contributed by atoms with Gasteiger partial charge in [-0.25, -0.2) is 0 Å². The molecule has 21 heavy (non-hydrogen) atoms. The molecular formula is C16H25ClN2OS. The Morgan fingerprint density at radius 1 is 1.38 bits per heavy atom. The number of thioether (sulfide) groups is 1. The highest BCUT2D eigenvalue weighted by molar-refractivity contribution is 7.99. The first kappa shape index (κ1) is 18.3.